The van der Waals surface area contributed by atoms with Crippen LogP contribution in [0, 0.1) is 0 Å². The highest BCUT2D eigenvalue weighted by molar-refractivity contribution is 6.06. The minimum absolute atomic E-state index is 0.0585. The van der Waals surface area contributed by atoms with Crippen molar-refractivity contribution in [2.24, 2.45) is 0 Å². The average Bonchev–Trinajstić information content (AvgIpc) is 2.93. The average molecular weight is 480 g/mol. The molecule has 0 aromatic heterocycles. The monoisotopic (exact) mass is 479 g/mol. The van der Waals surface area contributed by atoms with Gasteiger partial charge in [0.2, 0.25) is 5.91 Å². The smallest absolute Gasteiger partial charge is 0.258 e. The van der Waals surface area contributed by atoms with Gasteiger partial charge in [-0.25, -0.2) is 0 Å². The van der Waals surface area contributed by atoms with E-state index >= 15 is 0 Å². The van der Waals surface area contributed by atoms with Crippen LogP contribution in [0.5, 0.6) is 5.75 Å². The lowest BCUT2D eigenvalue weighted by Crippen LogP contribution is -2.30. The Balaban J connectivity index is 1.32. The Labute approximate surface area is 211 Å². The van der Waals surface area contributed by atoms with Crippen LogP contribution in [0.25, 0.3) is 0 Å². The maximum atomic E-state index is 13.1. The molecule has 0 spiro atoms. The van der Waals surface area contributed by atoms with Gasteiger partial charge in [0, 0.05) is 35.2 Å². The first-order valence-electron chi connectivity index (χ1n) is 11.9. The number of ether oxygens (including phenoxy) is 1. The summed E-state index contributed by atoms with van der Waals surface area (Å²) >= 11 is 0. The molecule has 0 saturated heterocycles. The lowest BCUT2D eigenvalue weighted by atomic mass is 10.1. The van der Waals surface area contributed by atoms with Gasteiger partial charge in [0.05, 0.1) is 6.54 Å². The van der Waals surface area contributed by atoms with Gasteiger partial charge < -0.3 is 20.3 Å². The number of para-hydroxylation sites is 1. The van der Waals surface area contributed by atoms with Crippen molar-refractivity contribution in [2.45, 2.75) is 13.5 Å². The molecule has 0 aliphatic carbocycles. The molecule has 0 radical (unpaired) electrons. The van der Waals surface area contributed by atoms with Crippen molar-refractivity contribution >= 4 is 28.9 Å². The number of nitrogens with one attached hydrogen (secondary N) is 2. The molecule has 2 N–H and O–H groups in total. The highest BCUT2D eigenvalue weighted by atomic mass is 16.5. The minimum Gasteiger partial charge on any atom is -0.489 e. The van der Waals surface area contributed by atoms with Crippen LogP contribution in [0.1, 0.15) is 22.8 Å². The number of benzene rings is 4. The molecule has 6 nitrogen and oxygen atoms in total. The predicted molar refractivity (Wildman–Crippen MR) is 145 cm³/mol. The topological polar surface area (TPSA) is 70.7 Å². The Kier molecular flexibility index (Phi) is 8.33. The van der Waals surface area contributed by atoms with Gasteiger partial charge >= 0.3 is 0 Å². The number of carbonyl (C=O) groups is 2. The van der Waals surface area contributed by atoms with Gasteiger partial charge in [-0.15, -0.1) is 0 Å². The van der Waals surface area contributed by atoms with Crippen LogP contribution in [0.3, 0.4) is 0 Å². The fourth-order valence-corrected chi connectivity index (χ4v) is 3.76. The quantitative estimate of drug-likeness (QED) is 0.293. The van der Waals surface area contributed by atoms with E-state index in [9.17, 15) is 9.59 Å². The number of anilines is 3. The lowest BCUT2D eigenvalue weighted by molar-refractivity contribution is -0.114. The van der Waals surface area contributed by atoms with Crippen LogP contribution >= 0.6 is 0 Å². The van der Waals surface area contributed by atoms with E-state index in [1.54, 1.807) is 29.2 Å². The summed E-state index contributed by atoms with van der Waals surface area (Å²) in [5.41, 5.74) is 3.81. The van der Waals surface area contributed by atoms with Gasteiger partial charge in [0.25, 0.3) is 5.91 Å². The van der Waals surface area contributed by atoms with E-state index in [0.29, 0.717) is 35.8 Å². The van der Waals surface area contributed by atoms with E-state index < -0.39 is 0 Å². The standard InChI is InChI=1S/C30H29N3O3/c1-2-33(27-16-7-4-8-17-27)30(35)24-13-9-14-25(19-24)31-21-29(34)32-26-15-10-18-28(20-26)36-22-23-11-5-3-6-12-23/h3-20,31H,2,21-22H2,1H3,(H,32,34). The van der Waals surface area contributed by atoms with Gasteiger partial charge in [-0.05, 0) is 55.0 Å². The summed E-state index contributed by atoms with van der Waals surface area (Å²) in [7, 11) is 0. The van der Waals surface area contributed by atoms with E-state index in [0.717, 1.165) is 11.3 Å². The van der Waals surface area contributed by atoms with E-state index in [2.05, 4.69) is 10.6 Å². The Hall–Kier alpha value is -4.58. The number of carbonyl (C=O) groups excluding carboxylic acids is 2. The van der Waals surface area contributed by atoms with E-state index in [-0.39, 0.29) is 18.4 Å². The molecule has 4 aromatic rings. The molecule has 0 aliphatic rings. The van der Waals surface area contributed by atoms with Crippen molar-refractivity contribution in [3.8, 4) is 5.75 Å². The van der Waals surface area contributed by atoms with Crippen LogP contribution in [-0.2, 0) is 11.4 Å². The zero-order valence-corrected chi connectivity index (χ0v) is 20.2. The number of amides is 2. The summed E-state index contributed by atoms with van der Waals surface area (Å²) in [4.78, 5) is 27.4. The molecular weight excluding hydrogens is 450 g/mol. The molecule has 0 bridgehead atoms. The zero-order chi connectivity index (χ0) is 25.2. The maximum Gasteiger partial charge on any atom is 0.258 e. The van der Waals surface area contributed by atoms with E-state index in [1.165, 1.54) is 0 Å². The highest BCUT2D eigenvalue weighted by Gasteiger charge is 2.16. The molecule has 4 aromatic carbocycles. The largest absolute Gasteiger partial charge is 0.489 e. The second-order valence-corrected chi connectivity index (χ2v) is 8.17. The fraction of sp³-hybridized carbons (Fsp3) is 0.133. The normalized spacial score (nSPS) is 10.4. The van der Waals surface area contributed by atoms with Crippen molar-refractivity contribution in [2.75, 3.05) is 28.6 Å². The molecule has 0 saturated carbocycles. The molecule has 36 heavy (non-hydrogen) atoms. The van der Waals surface area contributed by atoms with Crippen molar-refractivity contribution in [3.05, 3.63) is 120 Å². The highest BCUT2D eigenvalue weighted by Crippen LogP contribution is 2.20. The third-order valence-corrected chi connectivity index (χ3v) is 5.56. The second-order valence-electron chi connectivity index (χ2n) is 8.17. The zero-order valence-electron chi connectivity index (χ0n) is 20.2. The summed E-state index contributed by atoms with van der Waals surface area (Å²) in [5.74, 6) is 0.380. The lowest BCUT2D eigenvalue weighted by Gasteiger charge is -2.21. The number of hydrogen-bond donors (Lipinski definition) is 2. The molecular formula is C30H29N3O3. The van der Waals surface area contributed by atoms with Crippen LogP contribution in [0.15, 0.2) is 109 Å². The second kappa shape index (κ2) is 12.2. The summed E-state index contributed by atoms with van der Waals surface area (Å²) in [6.45, 7) is 3.01. The van der Waals surface area contributed by atoms with Gasteiger partial charge in [0.15, 0.2) is 0 Å². The molecule has 0 atom stereocenters. The van der Waals surface area contributed by atoms with Crippen molar-refractivity contribution in [3.63, 3.8) is 0 Å². The first-order valence-corrected chi connectivity index (χ1v) is 11.9. The van der Waals surface area contributed by atoms with Crippen LogP contribution in [0.2, 0.25) is 0 Å². The number of hydrogen-bond acceptors (Lipinski definition) is 4. The van der Waals surface area contributed by atoms with Gasteiger partial charge in [0.1, 0.15) is 12.4 Å². The minimum atomic E-state index is -0.202. The van der Waals surface area contributed by atoms with Crippen molar-refractivity contribution < 1.29 is 14.3 Å². The molecule has 0 unspecified atom stereocenters. The number of rotatable bonds is 10. The Morgan fingerprint density at radius 2 is 1.47 bits per heavy atom. The van der Waals surface area contributed by atoms with Gasteiger partial charge in [-0.1, -0.05) is 60.7 Å². The van der Waals surface area contributed by atoms with Gasteiger partial charge in [-0.2, -0.15) is 0 Å². The van der Waals surface area contributed by atoms with Crippen molar-refractivity contribution in [1.29, 1.82) is 0 Å². The molecule has 2 amide bonds. The van der Waals surface area contributed by atoms with Crippen LogP contribution in [-0.4, -0.2) is 24.9 Å². The van der Waals surface area contributed by atoms with Crippen LogP contribution < -0.4 is 20.3 Å². The molecule has 6 heteroatoms. The van der Waals surface area contributed by atoms with Crippen molar-refractivity contribution in [1.82, 2.24) is 0 Å². The Morgan fingerprint density at radius 3 is 2.22 bits per heavy atom. The summed E-state index contributed by atoms with van der Waals surface area (Å²) < 4.78 is 5.84. The summed E-state index contributed by atoms with van der Waals surface area (Å²) in [5, 5.41) is 5.98. The SMILES string of the molecule is CCN(C(=O)c1cccc(NCC(=O)Nc2cccc(OCc3ccccc3)c2)c1)c1ccccc1. The number of nitrogens with zero attached hydrogens (tertiary/aromatic N) is 1. The first-order chi connectivity index (χ1) is 17.6. The molecule has 0 aliphatic heterocycles. The van der Waals surface area contributed by atoms with E-state index in [4.69, 9.17) is 4.74 Å². The summed E-state index contributed by atoms with van der Waals surface area (Å²) in [6.07, 6.45) is 0. The van der Waals surface area contributed by atoms with E-state index in [1.807, 2.05) is 91.9 Å². The summed E-state index contributed by atoms with van der Waals surface area (Å²) in [6, 6.07) is 34.0. The maximum absolute atomic E-state index is 13.1. The Morgan fingerprint density at radius 1 is 0.778 bits per heavy atom. The predicted octanol–water partition coefficient (Wildman–Crippen LogP) is 5.98. The molecule has 0 heterocycles. The third-order valence-electron chi connectivity index (χ3n) is 5.56. The van der Waals surface area contributed by atoms with Gasteiger partial charge in [-0.3, -0.25) is 9.59 Å². The first kappa shape index (κ1) is 24.5. The molecule has 0 fully saturated rings. The Bertz CT molecular complexity index is 1290. The third kappa shape index (κ3) is 6.73. The van der Waals surface area contributed by atoms with Crippen LogP contribution in [0.4, 0.5) is 17.1 Å². The molecule has 182 valence electrons. The fourth-order valence-electron chi connectivity index (χ4n) is 3.76. The molecule has 4 rings (SSSR count).